The molecule has 0 spiro atoms. The Balaban J connectivity index is 1.36. The number of rotatable bonds is 8. The first-order valence-electron chi connectivity index (χ1n) is 9.54. The second kappa shape index (κ2) is 6.83. The lowest BCUT2D eigenvalue weighted by atomic mass is 10.1. The molecule has 2 atom stereocenters. The molecule has 25 heavy (non-hydrogen) atoms. The van der Waals surface area contributed by atoms with E-state index >= 15 is 0 Å². The number of carbonyl (C=O) groups excluding carboxylic acids is 1. The van der Waals surface area contributed by atoms with Crippen molar-refractivity contribution in [3.05, 3.63) is 24.0 Å². The minimum Gasteiger partial charge on any atom is -0.481 e. The highest BCUT2D eigenvalue weighted by Gasteiger charge is 2.38. The van der Waals surface area contributed by atoms with Crippen LogP contribution in [0.1, 0.15) is 61.5 Å². The summed E-state index contributed by atoms with van der Waals surface area (Å²) >= 11 is 0. The summed E-state index contributed by atoms with van der Waals surface area (Å²) in [5, 5.41) is 12.3. The van der Waals surface area contributed by atoms with Gasteiger partial charge in [0.1, 0.15) is 5.69 Å². The maximum Gasteiger partial charge on any atom is 0.304 e. The number of carboxylic acid groups (broad SMARTS) is 1. The zero-order chi connectivity index (χ0) is 17.4. The number of aliphatic carboxylic acids is 1. The molecule has 1 aromatic rings. The largest absolute Gasteiger partial charge is 0.481 e. The molecule has 0 aromatic carbocycles. The van der Waals surface area contributed by atoms with Crippen molar-refractivity contribution in [3.63, 3.8) is 0 Å². The van der Waals surface area contributed by atoms with Crippen molar-refractivity contribution in [3.8, 4) is 0 Å². The first kappa shape index (κ1) is 16.6. The number of amides is 1. The van der Waals surface area contributed by atoms with E-state index < -0.39 is 5.97 Å². The Morgan fingerprint density at radius 3 is 2.56 bits per heavy atom. The number of nitrogens with one attached hydrogen (secondary N) is 1. The van der Waals surface area contributed by atoms with Crippen LogP contribution in [-0.4, -0.2) is 51.6 Å². The molecule has 2 aliphatic carbocycles. The predicted molar refractivity (Wildman–Crippen MR) is 93.5 cm³/mol. The average molecular weight is 345 g/mol. The minimum atomic E-state index is -0.724. The molecule has 4 rings (SSSR count). The Labute approximate surface area is 148 Å². The van der Waals surface area contributed by atoms with Gasteiger partial charge in [0.15, 0.2) is 0 Å². The molecule has 6 nitrogen and oxygen atoms in total. The molecule has 2 heterocycles. The van der Waals surface area contributed by atoms with Crippen LogP contribution in [0, 0.1) is 5.92 Å². The predicted octanol–water partition coefficient (Wildman–Crippen LogP) is 2.27. The highest BCUT2D eigenvalue weighted by atomic mass is 16.4. The molecule has 2 N–H and O–H groups in total. The molecular formula is C19H27N3O3. The summed E-state index contributed by atoms with van der Waals surface area (Å²) < 4.78 is 2.08. The van der Waals surface area contributed by atoms with E-state index in [1.165, 1.54) is 12.8 Å². The Kier molecular flexibility index (Phi) is 4.54. The third-order valence-electron chi connectivity index (χ3n) is 5.80. The van der Waals surface area contributed by atoms with Crippen molar-refractivity contribution in [2.75, 3.05) is 13.1 Å². The molecule has 0 radical (unpaired) electrons. The van der Waals surface area contributed by atoms with Crippen LogP contribution in [0.3, 0.4) is 0 Å². The first-order valence-corrected chi connectivity index (χ1v) is 9.54. The number of likely N-dealkylation sites (tertiary alicyclic amines) is 1. The van der Waals surface area contributed by atoms with Crippen LogP contribution >= 0.6 is 0 Å². The van der Waals surface area contributed by atoms with Crippen LogP contribution in [0.4, 0.5) is 0 Å². The number of hydrogen-bond acceptors (Lipinski definition) is 3. The van der Waals surface area contributed by atoms with Crippen LogP contribution in [0.2, 0.25) is 0 Å². The number of aromatic nitrogens is 1. The fourth-order valence-corrected chi connectivity index (χ4v) is 4.11. The van der Waals surface area contributed by atoms with Crippen LogP contribution in [-0.2, 0) is 4.79 Å². The zero-order valence-corrected chi connectivity index (χ0v) is 14.6. The normalized spacial score (nSPS) is 26.7. The van der Waals surface area contributed by atoms with Crippen molar-refractivity contribution in [2.24, 2.45) is 5.92 Å². The van der Waals surface area contributed by atoms with Crippen molar-refractivity contribution >= 4 is 11.9 Å². The summed E-state index contributed by atoms with van der Waals surface area (Å²) in [7, 11) is 0. The fraction of sp³-hybridized carbons (Fsp3) is 0.684. The van der Waals surface area contributed by atoms with Crippen LogP contribution in [0.15, 0.2) is 18.3 Å². The van der Waals surface area contributed by atoms with Gasteiger partial charge in [0.2, 0.25) is 0 Å². The summed E-state index contributed by atoms with van der Waals surface area (Å²) in [5.74, 6) is -0.0117. The highest BCUT2D eigenvalue weighted by molar-refractivity contribution is 5.92. The van der Waals surface area contributed by atoms with Gasteiger partial charge in [-0.15, -0.1) is 0 Å². The Morgan fingerprint density at radius 2 is 1.88 bits per heavy atom. The lowest BCUT2D eigenvalue weighted by Crippen LogP contribution is -2.45. The molecule has 2 saturated carbocycles. The summed E-state index contributed by atoms with van der Waals surface area (Å²) in [6.45, 7) is 1.59. The van der Waals surface area contributed by atoms with Gasteiger partial charge in [-0.1, -0.05) is 0 Å². The summed E-state index contributed by atoms with van der Waals surface area (Å²) in [5.41, 5.74) is 0.747. The molecule has 3 aliphatic rings. The maximum atomic E-state index is 12.6. The monoisotopic (exact) mass is 345 g/mol. The number of nitrogens with zero attached hydrogens (tertiary/aromatic N) is 2. The van der Waals surface area contributed by atoms with Gasteiger partial charge in [-0.2, -0.15) is 0 Å². The lowest BCUT2D eigenvalue weighted by molar-refractivity contribution is -0.138. The zero-order valence-electron chi connectivity index (χ0n) is 14.6. The topological polar surface area (TPSA) is 74.6 Å². The number of carboxylic acids is 1. The van der Waals surface area contributed by atoms with E-state index in [1.807, 2.05) is 18.3 Å². The Hall–Kier alpha value is -1.82. The Morgan fingerprint density at radius 1 is 1.12 bits per heavy atom. The third kappa shape index (κ3) is 3.89. The van der Waals surface area contributed by atoms with Crippen molar-refractivity contribution < 1.29 is 14.7 Å². The molecule has 1 amide bonds. The lowest BCUT2D eigenvalue weighted by Gasteiger charge is -2.29. The molecule has 1 aromatic heterocycles. The van der Waals surface area contributed by atoms with E-state index in [4.69, 9.17) is 5.11 Å². The molecule has 1 saturated heterocycles. The van der Waals surface area contributed by atoms with Gasteiger partial charge in [-0.25, -0.2) is 0 Å². The highest BCUT2D eigenvalue weighted by Crippen LogP contribution is 2.36. The maximum absolute atomic E-state index is 12.6. The smallest absolute Gasteiger partial charge is 0.304 e. The summed E-state index contributed by atoms with van der Waals surface area (Å²) in [4.78, 5) is 26.1. The van der Waals surface area contributed by atoms with E-state index in [9.17, 15) is 9.59 Å². The summed E-state index contributed by atoms with van der Waals surface area (Å²) in [6.07, 6.45) is 8.90. The van der Waals surface area contributed by atoms with Gasteiger partial charge in [-0.3, -0.25) is 14.5 Å². The van der Waals surface area contributed by atoms with Gasteiger partial charge in [0, 0.05) is 37.4 Å². The Bertz CT molecular complexity index is 648. The standard InChI is InChI=1S/C19H27N3O3/c23-18(24)10-15-7-8-16(22(15)12-13-3-4-13)11-20-19(25)17-2-1-9-21(17)14-5-6-14/h1-2,9,13-16H,3-8,10-12H2,(H,20,25)(H,23,24)/t15-,16+/m1/s1. The van der Waals surface area contributed by atoms with E-state index in [-0.39, 0.29) is 24.4 Å². The molecule has 1 aliphatic heterocycles. The van der Waals surface area contributed by atoms with Crippen LogP contribution < -0.4 is 5.32 Å². The molecule has 3 fully saturated rings. The van der Waals surface area contributed by atoms with Crippen molar-refractivity contribution in [2.45, 2.75) is 63.1 Å². The first-order chi connectivity index (χ1) is 12.1. The molecule has 136 valence electrons. The second-order valence-corrected chi connectivity index (χ2v) is 7.86. The molecular weight excluding hydrogens is 318 g/mol. The molecule has 0 unspecified atom stereocenters. The number of carbonyl (C=O) groups is 2. The van der Waals surface area contributed by atoms with Crippen LogP contribution in [0.25, 0.3) is 0 Å². The van der Waals surface area contributed by atoms with Gasteiger partial charge in [0.25, 0.3) is 5.91 Å². The van der Waals surface area contributed by atoms with Crippen molar-refractivity contribution in [1.82, 2.24) is 14.8 Å². The van der Waals surface area contributed by atoms with Gasteiger partial charge in [0.05, 0.1) is 6.42 Å². The second-order valence-electron chi connectivity index (χ2n) is 7.86. The quantitative estimate of drug-likeness (QED) is 0.758. The van der Waals surface area contributed by atoms with Gasteiger partial charge >= 0.3 is 5.97 Å². The average Bonchev–Trinajstić information content (AvgIpc) is 3.50. The number of hydrogen-bond donors (Lipinski definition) is 2. The van der Waals surface area contributed by atoms with Crippen molar-refractivity contribution in [1.29, 1.82) is 0 Å². The van der Waals surface area contributed by atoms with Crippen LogP contribution in [0.5, 0.6) is 0 Å². The molecule has 0 bridgehead atoms. The van der Waals surface area contributed by atoms with E-state index in [1.54, 1.807) is 0 Å². The van der Waals surface area contributed by atoms with E-state index in [0.29, 0.717) is 12.6 Å². The fourth-order valence-electron chi connectivity index (χ4n) is 4.11. The summed E-state index contributed by atoms with van der Waals surface area (Å²) in [6, 6.07) is 4.70. The third-order valence-corrected chi connectivity index (χ3v) is 5.80. The van der Waals surface area contributed by atoms with Gasteiger partial charge in [-0.05, 0) is 56.6 Å². The van der Waals surface area contributed by atoms with E-state index in [2.05, 4.69) is 14.8 Å². The molecule has 6 heteroatoms. The van der Waals surface area contributed by atoms with E-state index in [0.717, 1.165) is 43.8 Å². The SMILES string of the molecule is O=C(O)C[C@H]1CC[C@@H](CNC(=O)c2cccn2C2CC2)N1CC1CC1. The minimum absolute atomic E-state index is 0.00930. The van der Waals surface area contributed by atoms with Gasteiger partial charge < -0.3 is 15.0 Å².